The maximum Gasteiger partial charge on any atom is 0.238 e. The smallest absolute Gasteiger partial charge is 0.238 e. The quantitative estimate of drug-likeness (QED) is 0.807. The topological polar surface area (TPSA) is 89.3 Å². The predicted octanol–water partition coefficient (Wildman–Crippen LogP) is 1.02. The van der Waals surface area contributed by atoms with Crippen molar-refractivity contribution in [1.29, 1.82) is 0 Å². The van der Waals surface area contributed by atoms with Crippen LogP contribution in [-0.4, -0.2) is 25.6 Å². The van der Waals surface area contributed by atoms with Crippen LogP contribution in [0.2, 0.25) is 0 Å². The van der Waals surface area contributed by atoms with Crippen LogP contribution in [0.4, 0.5) is 5.69 Å². The summed E-state index contributed by atoms with van der Waals surface area (Å²) in [5, 5.41) is 1.63. The number of nitrogens with two attached hydrogens (primary N) is 1. The fourth-order valence-corrected chi connectivity index (χ4v) is 3.37. The Morgan fingerprint density at radius 1 is 1.42 bits per heavy atom. The van der Waals surface area contributed by atoms with Crippen LogP contribution in [0.15, 0.2) is 23.1 Å². The number of anilines is 1. The Kier molecular flexibility index (Phi) is 3.54. The molecule has 1 aliphatic rings. The standard InChI is InChI=1S/C13H18N2O3S/c1-8-7-10(14)3-6-12(8)19(17,18)9(2)13(16)15-11-4-5-11/h3,6-7,9,11H,4-5,14H2,1-2H3,(H,15,16). The van der Waals surface area contributed by atoms with Gasteiger partial charge >= 0.3 is 0 Å². The van der Waals surface area contributed by atoms with E-state index in [1.807, 2.05) is 0 Å². The summed E-state index contributed by atoms with van der Waals surface area (Å²) in [6.45, 7) is 3.09. The number of hydrogen-bond donors (Lipinski definition) is 2. The van der Waals surface area contributed by atoms with Gasteiger partial charge in [0.05, 0.1) is 4.90 Å². The zero-order valence-corrected chi connectivity index (χ0v) is 11.8. The number of benzene rings is 1. The molecule has 19 heavy (non-hydrogen) atoms. The molecule has 5 nitrogen and oxygen atoms in total. The molecule has 1 saturated carbocycles. The summed E-state index contributed by atoms with van der Waals surface area (Å²) >= 11 is 0. The van der Waals surface area contributed by atoms with Crippen molar-refractivity contribution in [3.63, 3.8) is 0 Å². The van der Waals surface area contributed by atoms with Crippen LogP contribution in [0.5, 0.6) is 0 Å². The lowest BCUT2D eigenvalue weighted by Crippen LogP contribution is -2.39. The van der Waals surface area contributed by atoms with Crippen molar-refractivity contribution < 1.29 is 13.2 Å². The average Bonchev–Trinajstić information content (AvgIpc) is 3.11. The lowest BCUT2D eigenvalue weighted by molar-refractivity contribution is -0.120. The molecule has 1 atom stereocenters. The second kappa shape index (κ2) is 4.85. The fraction of sp³-hybridized carbons (Fsp3) is 0.462. The van der Waals surface area contributed by atoms with E-state index in [-0.39, 0.29) is 10.9 Å². The van der Waals surface area contributed by atoms with E-state index in [4.69, 9.17) is 5.73 Å². The van der Waals surface area contributed by atoms with Crippen molar-refractivity contribution in [2.75, 3.05) is 5.73 Å². The van der Waals surface area contributed by atoms with Crippen LogP contribution in [0.3, 0.4) is 0 Å². The number of hydrogen-bond acceptors (Lipinski definition) is 4. The van der Waals surface area contributed by atoms with Crippen molar-refractivity contribution in [3.05, 3.63) is 23.8 Å². The second-order valence-electron chi connectivity index (χ2n) is 5.00. The number of sulfone groups is 1. The van der Waals surface area contributed by atoms with E-state index < -0.39 is 21.0 Å². The normalized spacial score (nSPS) is 16.9. The van der Waals surface area contributed by atoms with Crippen LogP contribution in [-0.2, 0) is 14.6 Å². The van der Waals surface area contributed by atoms with Gasteiger partial charge in [0.15, 0.2) is 9.84 Å². The third-order valence-electron chi connectivity index (χ3n) is 3.26. The molecule has 0 saturated heterocycles. The molecule has 2 rings (SSSR count). The van der Waals surface area contributed by atoms with Crippen molar-refractivity contribution in [3.8, 4) is 0 Å². The Morgan fingerprint density at radius 2 is 2.05 bits per heavy atom. The largest absolute Gasteiger partial charge is 0.399 e. The number of amides is 1. The van der Waals surface area contributed by atoms with Gasteiger partial charge in [-0.1, -0.05) is 0 Å². The van der Waals surface area contributed by atoms with Crippen LogP contribution >= 0.6 is 0 Å². The van der Waals surface area contributed by atoms with Gasteiger partial charge in [0, 0.05) is 11.7 Å². The molecule has 6 heteroatoms. The monoisotopic (exact) mass is 282 g/mol. The summed E-state index contributed by atoms with van der Waals surface area (Å²) in [4.78, 5) is 12.0. The third-order valence-corrected chi connectivity index (χ3v) is 5.48. The first-order valence-corrected chi connectivity index (χ1v) is 7.77. The Labute approximate surface area is 113 Å². The number of carbonyl (C=O) groups is 1. The molecular weight excluding hydrogens is 264 g/mol. The summed E-state index contributed by atoms with van der Waals surface area (Å²) in [7, 11) is -3.67. The molecule has 0 spiro atoms. The van der Waals surface area contributed by atoms with Crippen molar-refractivity contribution in [2.24, 2.45) is 0 Å². The maximum atomic E-state index is 12.4. The summed E-state index contributed by atoms with van der Waals surface area (Å²) < 4.78 is 24.8. The molecule has 0 aromatic heterocycles. The van der Waals surface area contributed by atoms with E-state index in [0.717, 1.165) is 12.8 Å². The van der Waals surface area contributed by atoms with Gasteiger partial charge in [-0.3, -0.25) is 4.79 Å². The first-order valence-electron chi connectivity index (χ1n) is 6.23. The second-order valence-corrected chi connectivity index (χ2v) is 7.23. The third kappa shape index (κ3) is 2.89. The SMILES string of the molecule is Cc1cc(N)ccc1S(=O)(=O)C(C)C(=O)NC1CC1. The van der Waals surface area contributed by atoms with E-state index in [2.05, 4.69) is 5.32 Å². The number of aryl methyl sites for hydroxylation is 1. The molecule has 0 radical (unpaired) electrons. The van der Waals surface area contributed by atoms with Crippen LogP contribution in [0.1, 0.15) is 25.3 Å². The molecule has 1 unspecified atom stereocenters. The molecule has 3 N–H and O–H groups in total. The fourth-order valence-electron chi connectivity index (χ4n) is 1.87. The Morgan fingerprint density at radius 3 is 2.58 bits per heavy atom. The summed E-state index contributed by atoms with van der Waals surface area (Å²) in [6, 6.07) is 4.74. The minimum Gasteiger partial charge on any atom is -0.399 e. The number of carbonyl (C=O) groups excluding carboxylic acids is 1. The molecular formula is C13H18N2O3S. The van der Waals surface area contributed by atoms with E-state index in [9.17, 15) is 13.2 Å². The highest BCUT2D eigenvalue weighted by atomic mass is 32.2. The molecule has 1 aromatic rings. The van der Waals surface area contributed by atoms with Crippen molar-refractivity contribution in [1.82, 2.24) is 5.32 Å². The first-order chi connectivity index (χ1) is 8.82. The van der Waals surface area contributed by atoms with Gasteiger partial charge in [0.25, 0.3) is 0 Å². The maximum absolute atomic E-state index is 12.4. The minimum absolute atomic E-state index is 0.151. The predicted molar refractivity (Wildman–Crippen MR) is 73.4 cm³/mol. The molecule has 104 valence electrons. The Balaban J connectivity index is 2.27. The Hall–Kier alpha value is -1.56. The molecule has 1 aromatic carbocycles. The molecule has 0 heterocycles. The highest BCUT2D eigenvalue weighted by Gasteiger charge is 2.34. The number of nitrogen functional groups attached to an aromatic ring is 1. The highest BCUT2D eigenvalue weighted by Crippen LogP contribution is 2.24. The van der Waals surface area contributed by atoms with Crippen molar-refractivity contribution >= 4 is 21.4 Å². The van der Waals surface area contributed by atoms with Gasteiger partial charge in [-0.05, 0) is 50.5 Å². The van der Waals surface area contributed by atoms with Crippen molar-refractivity contribution in [2.45, 2.75) is 42.9 Å². The van der Waals surface area contributed by atoms with Gasteiger partial charge < -0.3 is 11.1 Å². The van der Waals surface area contributed by atoms with Crippen LogP contribution < -0.4 is 11.1 Å². The minimum atomic E-state index is -3.67. The zero-order chi connectivity index (χ0) is 14.2. The molecule has 0 aliphatic heterocycles. The zero-order valence-electron chi connectivity index (χ0n) is 11.0. The van der Waals surface area contributed by atoms with Crippen LogP contribution in [0, 0.1) is 6.92 Å². The van der Waals surface area contributed by atoms with Gasteiger partial charge in [-0.2, -0.15) is 0 Å². The number of nitrogens with one attached hydrogen (secondary N) is 1. The molecule has 1 fully saturated rings. The summed E-state index contributed by atoms with van der Waals surface area (Å²) in [5.41, 5.74) is 6.67. The van der Waals surface area contributed by atoms with Gasteiger partial charge in [-0.25, -0.2) is 8.42 Å². The van der Waals surface area contributed by atoms with E-state index in [1.165, 1.54) is 19.1 Å². The first kappa shape index (κ1) is 13.9. The number of rotatable bonds is 4. The highest BCUT2D eigenvalue weighted by molar-refractivity contribution is 7.92. The van der Waals surface area contributed by atoms with Gasteiger partial charge in [0.1, 0.15) is 5.25 Å². The lowest BCUT2D eigenvalue weighted by Gasteiger charge is -2.15. The summed E-state index contributed by atoms with van der Waals surface area (Å²) in [6.07, 6.45) is 1.86. The van der Waals surface area contributed by atoms with Gasteiger partial charge in [-0.15, -0.1) is 0 Å². The van der Waals surface area contributed by atoms with Crippen LogP contribution in [0.25, 0.3) is 0 Å². The van der Waals surface area contributed by atoms with Gasteiger partial charge in [0.2, 0.25) is 5.91 Å². The lowest BCUT2D eigenvalue weighted by atomic mass is 10.2. The summed E-state index contributed by atoms with van der Waals surface area (Å²) in [5.74, 6) is -0.432. The molecule has 0 bridgehead atoms. The molecule has 1 amide bonds. The van der Waals surface area contributed by atoms with E-state index in [0.29, 0.717) is 11.3 Å². The molecule has 1 aliphatic carbocycles. The van der Waals surface area contributed by atoms with E-state index >= 15 is 0 Å². The average molecular weight is 282 g/mol. The van der Waals surface area contributed by atoms with E-state index in [1.54, 1.807) is 13.0 Å². The Bertz CT molecular complexity index is 606.